The fourth-order valence-electron chi connectivity index (χ4n) is 4.70. The molecule has 0 aromatic heterocycles. The Kier molecular flexibility index (Phi) is 7.31. The number of amides is 2. The molecule has 0 radical (unpaired) electrons. The minimum atomic E-state index is -2.54. The van der Waals surface area contributed by atoms with Gasteiger partial charge in [0.25, 0.3) is 11.9 Å². The molecule has 2 aliphatic heterocycles. The highest BCUT2D eigenvalue weighted by molar-refractivity contribution is 6.67. The van der Waals surface area contributed by atoms with E-state index in [1.807, 2.05) is 27.8 Å². The van der Waals surface area contributed by atoms with Crippen molar-refractivity contribution in [1.29, 1.82) is 0 Å². The highest BCUT2D eigenvalue weighted by Crippen LogP contribution is 2.40. The van der Waals surface area contributed by atoms with Crippen molar-refractivity contribution in [2.45, 2.75) is 45.6 Å². The summed E-state index contributed by atoms with van der Waals surface area (Å²) in [6.45, 7) is 2.91. The summed E-state index contributed by atoms with van der Waals surface area (Å²) in [7, 11) is 1.81. The molecule has 9 nitrogen and oxygen atoms in total. The first kappa shape index (κ1) is 25.3. The van der Waals surface area contributed by atoms with Crippen LogP contribution in [0, 0.1) is 5.92 Å². The number of hydrogen-bond acceptors (Lipinski definition) is 6. The maximum atomic E-state index is 12.8. The summed E-state index contributed by atoms with van der Waals surface area (Å²) < 4.78 is 11.5. The number of carbonyl (C=O) groups is 4. The van der Waals surface area contributed by atoms with Gasteiger partial charge in [0.05, 0.1) is 35.5 Å². The Labute approximate surface area is 202 Å². The molecule has 2 unspecified atom stereocenters. The molecule has 2 aliphatic rings. The normalized spacial score (nSPS) is 27.4. The van der Waals surface area contributed by atoms with Crippen molar-refractivity contribution >= 4 is 53.6 Å². The smallest absolute Gasteiger partial charge is 0.603 e. The molecule has 2 fully saturated rings. The molecule has 0 bridgehead atoms. The molecule has 4 atom stereocenters. The first-order valence-electron chi connectivity index (χ1n) is 10.8. The summed E-state index contributed by atoms with van der Waals surface area (Å²) in [5, 5.41) is 5.89. The summed E-state index contributed by atoms with van der Waals surface area (Å²) in [4.78, 5) is 50.1. The van der Waals surface area contributed by atoms with E-state index in [2.05, 4.69) is 10.6 Å². The van der Waals surface area contributed by atoms with Crippen LogP contribution < -0.4 is 10.6 Å². The predicted molar refractivity (Wildman–Crippen MR) is 123 cm³/mol. The van der Waals surface area contributed by atoms with Gasteiger partial charge in [-0.3, -0.25) is 19.2 Å². The summed E-state index contributed by atoms with van der Waals surface area (Å²) in [5.74, 6) is -2.70. The van der Waals surface area contributed by atoms with E-state index < -0.39 is 36.4 Å². The number of rotatable bonds is 7. The van der Waals surface area contributed by atoms with E-state index in [4.69, 9.17) is 32.5 Å². The average molecular weight is 500 g/mol. The summed E-state index contributed by atoms with van der Waals surface area (Å²) in [6, 6.07) is 4.22. The van der Waals surface area contributed by atoms with Crippen LogP contribution in [0.25, 0.3) is 0 Å². The molecular formula is C21H28BCl2N3O6. The Morgan fingerprint density at radius 1 is 1.21 bits per heavy atom. The van der Waals surface area contributed by atoms with E-state index >= 15 is 0 Å². The highest BCUT2D eigenvalue weighted by atomic mass is 35.5. The number of quaternary nitrogens is 1. The van der Waals surface area contributed by atoms with Gasteiger partial charge in [-0.2, -0.15) is 0 Å². The fraction of sp³-hybridized carbons (Fsp3) is 0.524. The lowest BCUT2D eigenvalue weighted by molar-refractivity contribution is -0.840. The largest absolute Gasteiger partial charge is 0.605 e. The third-order valence-corrected chi connectivity index (χ3v) is 7.09. The molecule has 33 heavy (non-hydrogen) atoms. The van der Waals surface area contributed by atoms with Gasteiger partial charge in [0.2, 0.25) is 5.91 Å². The van der Waals surface area contributed by atoms with Gasteiger partial charge in [0.15, 0.2) is 0 Å². The third kappa shape index (κ3) is 4.97. The Balaban J connectivity index is 1.79. The van der Waals surface area contributed by atoms with Gasteiger partial charge in [-0.15, -0.1) is 0 Å². The highest BCUT2D eigenvalue weighted by Gasteiger charge is 2.68. The van der Waals surface area contributed by atoms with Crippen molar-refractivity contribution in [3.63, 3.8) is 0 Å². The quantitative estimate of drug-likeness (QED) is 0.555. The van der Waals surface area contributed by atoms with Gasteiger partial charge in [0, 0.05) is 12.1 Å². The summed E-state index contributed by atoms with van der Waals surface area (Å²) in [6.07, 6.45) is 0.552. The monoisotopic (exact) mass is 499 g/mol. The summed E-state index contributed by atoms with van der Waals surface area (Å²) in [5.41, 5.74) is 0.141. The van der Waals surface area contributed by atoms with Crippen LogP contribution >= 0.6 is 23.2 Å². The second-order valence-electron chi connectivity index (χ2n) is 9.38. The maximum absolute atomic E-state index is 12.8. The molecule has 2 heterocycles. The van der Waals surface area contributed by atoms with Gasteiger partial charge in [-0.1, -0.05) is 37.0 Å². The molecule has 1 aromatic rings. The molecule has 0 spiro atoms. The van der Waals surface area contributed by atoms with Gasteiger partial charge in [-0.05, 0) is 37.5 Å². The zero-order valence-electron chi connectivity index (χ0n) is 19.0. The number of halogens is 2. The first-order valence-corrected chi connectivity index (χ1v) is 11.6. The van der Waals surface area contributed by atoms with Crippen LogP contribution in [0.15, 0.2) is 18.2 Å². The topological polar surface area (TPSA) is 111 Å². The first-order chi connectivity index (χ1) is 15.4. The lowest BCUT2D eigenvalue weighted by Gasteiger charge is -2.57. The van der Waals surface area contributed by atoms with E-state index in [1.165, 1.54) is 12.1 Å². The van der Waals surface area contributed by atoms with E-state index in [-0.39, 0.29) is 46.5 Å². The number of likely N-dealkylation sites (N-methyl/N-ethyl adjacent to an activating group) is 1. The van der Waals surface area contributed by atoms with Gasteiger partial charge in [0.1, 0.15) is 6.54 Å². The van der Waals surface area contributed by atoms with Crippen LogP contribution in [0.3, 0.4) is 0 Å². The molecule has 2 saturated heterocycles. The SMILES string of the molecule is CC(C)C[C@H](NC(=O)CNC(=O)c1cc(Cl)ccc1Cl)[B-]12OC(=O)C[C@H](C)[N+]1(C)CC(=O)O2. The Morgan fingerprint density at radius 2 is 1.88 bits per heavy atom. The fourth-order valence-corrected chi connectivity index (χ4v) is 5.07. The van der Waals surface area contributed by atoms with E-state index in [9.17, 15) is 19.2 Å². The van der Waals surface area contributed by atoms with Gasteiger partial charge < -0.3 is 24.3 Å². The molecule has 1 aromatic carbocycles. The van der Waals surface area contributed by atoms with Crippen molar-refractivity contribution in [3.8, 4) is 0 Å². The van der Waals surface area contributed by atoms with Gasteiger partial charge in [-0.25, -0.2) is 0 Å². The molecular weight excluding hydrogens is 472 g/mol. The minimum absolute atomic E-state index is 0.0446. The second kappa shape index (κ2) is 9.52. The van der Waals surface area contributed by atoms with Crippen molar-refractivity contribution in [3.05, 3.63) is 33.8 Å². The van der Waals surface area contributed by atoms with Gasteiger partial charge >= 0.3 is 12.7 Å². The number of nitrogens with zero attached hydrogens (tertiary/aromatic N) is 1. The zero-order chi connectivity index (χ0) is 24.6. The van der Waals surface area contributed by atoms with Crippen molar-refractivity contribution in [1.82, 2.24) is 10.6 Å². The van der Waals surface area contributed by atoms with E-state index in [1.54, 1.807) is 6.07 Å². The molecule has 12 heteroatoms. The molecule has 3 rings (SSSR count). The molecule has 2 amide bonds. The van der Waals surface area contributed by atoms with Crippen molar-refractivity contribution in [2.75, 3.05) is 20.1 Å². The predicted octanol–water partition coefficient (Wildman–Crippen LogP) is 2.07. The van der Waals surface area contributed by atoms with Crippen LogP contribution in [0.1, 0.15) is 44.0 Å². The van der Waals surface area contributed by atoms with Crippen LogP contribution in [0.4, 0.5) is 0 Å². The number of fused-ring (bicyclic) bond motifs is 1. The standard InChI is InChI=1S/C21H28BCl2N3O6/c1-12(2)7-17(22-27(4,11-20(30)33-22)13(3)8-19(29)32-22)26-18(28)10-25-21(31)15-9-14(23)5-6-16(15)24/h5-6,9,12-13,17H,7-8,10-11H2,1-4H3,(H,25,31)(H,26,28)/t13-,17-,22?,27?/m0/s1. The lowest BCUT2D eigenvalue weighted by atomic mass is 9.55. The lowest BCUT2D eigenvalue weighted by Crippen LogP contribution is -2.80. The molecule has 0 aliphatic carbocycles. The van der Waals surface area contributed by atoms with Crippen LogP contribution in [0.2, 0.25) is 10.0 Å². The Hall–Kier alpha value is -2.30. The minimum Gasteiger partial charge on any atom is -0.603 e. The zero-order valence-corrected chi connectivity index (χ0v) is 20.5. The van der Waals surface area contributed by atoms with E-state index in [0.717, 1.165) is 0 Å². The molecule has 2 N–H and O–H groups in total. The Bertz CT molecular complexity index is 991. The third-order valence-electron chi connectivity index (χ3n) is 6.52. The average Bonchev–Trinajstić information content (AvgIpc) is 2.98. The Morgan fingerprint density at radius 3 is 2.55 bits per heavy atom. The maximum Gasteiger partial charge on any atom is 0.605 e. The van der Waals surface area contributed by atoms with Crippen LogP contribution in [-0.2, 0) is 23.7 Å². The number of carbonyl (C=O) groups excluding carboxylic acids is 4. The van der Waals surface area contributed by atoms with Crippen LogP contribution in [-0.4, -0.2) is 67.0 Å². The summed E-state index contributed by atoms with van der Waals surface area (Å²) >= 11 is 12.0. The molecule has 0 saturated carbocycles. The number of nitrogens with one attached hydrogen (secondary N) is 2. The second-order valence-corrected chi connectivity index (χ2v) is 10.2. The van der Waals surface area contributed by atoms with Crippen molar-refractivity contribution < 1.29 is 32.9 Å². The number of hydrogen-bond donors (Lipinski definition) is 2. The van der Waals surface area contributed by atoms with Crippen molar-refractivity contribution in [2.24, 2.45) is 5.92 Å². The molecule has 180 valence electrons. The van der Waals surface area contributed by atoms with Crippen LogP contribution in [0.5, 0.6) is 0 Å². The van der Waals surface area contributed by atoms with E-state index in [0.29, 0.717) is 11.4 Å². The number of benzene rings is 1.